The van der Waals surface area contributed by atoms with Crippen molar-refractivity contribution in [2.75, 3.05) is 12.3 Å². The van der Waals surface area contributed by atoms with Gasteiger partial charge in [0.05, 0.1) is 12.7 Å². The Morgan fingerprint density at radius 1 is 1.15 bits per heavy atom. The molecule has 1 aliphatic rings. The standard InChI is InChI=1S/C15H28N3O12P3/c1-8-9(2)13(18-6-10(15(3,4)5)12(16)17-14(18)19)28-11(8)7-27-32(23,24)30-33(25,26)29-31(20,21)22/h6,8-9,11,13H,7H2,1-5H3,(H,23,24)(H,25,26)(H2,16,17,19)(H2,20,21,22)/p-3/t8-,9?,11-,13-/m1/s1. The number of phosphoric ester groups is 1. The topological polar surface area (TPSA) is 238 Å². The van der Waals surface area contributed by atoms with Crippen molar-refractivity contribution < 1.29 is 51.2 Å². The van der Waals surface area contributed by atoms with E-state index >= 15 is 0 Å². The molecule has 1 aromatic heterocycles. The monoisotopic (exact) mass is 532 g/mol. The number of nitrogen functional groups attached to an aromatic ring is 1. The first-order valence-electron chi connectivity index (χ1n) is 9.50. The van der Waals surface area contributed by atoms with Gasteiger partial charge in [0.2, 0.25) is 0 Å². The molecule has 1 saturated heterocycles. The highest BCUT2D eigenvalue weighted by atomic mass is 31.3. The third kappa shape index (κ3) is 7.51. The van der Waals surface area contributed by atoms with Crippen molar-refractivity contribution in [3.05, 3.63) is 22.2 Å². The summed E-state index contributed by atoms with van der Waals surface area (Å²) in [6, 6.07) is 0. The average molecular weight is 532 g/mol. The van der Waals surface area contributed by atoms with Crippen LogP contribution in [0.4, 0.5) is 5.82 Å². The molecule has 0 spiro atoms. The number of phosphoric acid groups is 3. The Kier molecular flexibility index (Phi) is 8.23. The molecule has 0 amide bonds. The lowest BCUT2D eigenvalue weighted by atomic mass is 9.88. The van der Waals surface area contributed by atoms with E-state index < -0.39 is 53.5 Å². The van der Waals surface area contributed by atoms with Gasteiger partial charge in [0.25, 0.3) is 23.5 Å². The first-order valence-corrected chi connectivity index (χ1v) is 13.9. The summed E-state index contributed by atoms with van der Waals surface area (Å²) in [6.45, 7) is 8.34. The molecule has 2 rings (SSSR count). The third-order valence-corrected chi connectivity index (χ3v) is 8.73. The number of aromatic nitrogens is 2. The lowest BCUT2D eigenvalue weighted by Crippen LogP contribution is -2.33. The summed E-state index contributed by atoms with van der Waals surface area (Å²) in [6.07, 6.45) is -0.282. The lowest BCUT2D eigenvalue weighted by Gasteiger charge is -2.33. The number of ether oxygens (including phenoxy) is 1. The summed E-state index contributed by atoms with van der Waals surface area (Å²) in [4.78, 5) is 58.3. The van der Waals surface area contributed by atoms with E-state index in [1.54, 1.807) is 13.8 Å². The van der Waals surface area contributed by atoms with E-state index in [4.69, 9.17) is 15.4 Å². The van der Waals surface area contributed by atoms with Crippen LogP contribution in [0.5, 0.6) is 0 Å². The molecule has 4 unspecified atom stereocenters. The van der Waals surface area contributed by atoms with Crippen LogP contribution in [0.2, 0.25) is 0 Å². The predicted molar refractivity (Wildman–Crippen MR) is 107 cm³/mol. The Balaban J connectivity index is 2.17. The van der Waals surface area contributed by atoms with Crippen molar-refractivity contribution in [2.45, 2.75) is 52.4 Å². The highest BCUT2D eigenvalue weighted by Gasteiger charge is 2.42. The molecule has 190 valence electrons. The second kappa shape index (κ2) is 9.60. The zero-order chi connectivity index (χ0) is 25.6. The van der Waals surface area contributed by atoms with Gasteiger partial charge in [-0.3, -0.25) is 18.3 Å². The van der Waals surface area contributed by atoms with Crippen LogP contribution in [0.25, 0.3) is 0 Å². The number of nitrogens with zero attached hydrogens (tertiary/aromatic N) is 2. The molecule has 18 heteroatoms. The molecule has 0 radical (unpaired) electrons. The maximum absolute atomic E-state index is 12.5. The second-order valence-electron chi connectivity index (χ2n) is 8.59. The molecular formula is C15H25N3O12P3-3. The number of hydrogen-bond donors (Lipinski definition) is 2. The predicted octanol–water partition coefficient (Wildman–Crippen LogP) is -0.260. The minimum Gasteiger partial charge on any atom is -0.756 e. The Morgan fingerprint density at radius 3 is 2.24 bits per heavy atom. The minimum atomic E-state index is -6.00. The first kappa shape index (κ1) is 28.3. The number of anilines is 1. The summed E-state index contributed by atoms with van der Waals surface area (Å²) in [5.41, 5.74) is 5.34. The molecule has 1 aromatic rings. The van der Waals surface area contributed by atoms with Gasteiger partial charge in [-0.1, -0.05) is 34.6 Å². The van der Waals surface area contributed by atoms with Gasteiger partial charge in [0.1, 0.15) is 12.0 Å². The van der Waals surface area contributed by atoms with Crippen LogP contribution in [0.3, 0.4) is 0 Å². The summed E-state index contributed by atoms with van der Waals surface area (Å²) < 4.78 is 51.9. The van der Waals surface area contributed by atoms with Gasteiger partial charge < -0.3 is 34.6 Å². The van der Waals surface area contributed by atoms with Gasteiger partial charge in [-0.05, 0) is 11.3 Å². The number of nitrogens with two attached hydrogens (primary N) is 1. The quantitative estimate of drug-likeness (QED) is 0.410. The molecule has 0 aromatic carbocycles. The largest absolute Gasteiger partial charge is 0.756 e. The minimum absolute atomic E-state index is 0.0709. The normalized spacial score (nSPS) is 29.2. The van der Waals surface area contributed by atoms with Gasteiger partial charge in [-0.25, -0.2) is 13.4 Å². The van der Waals surface area contributed by atoms with E-state index in [2.05, 4.69) is 18.1 Å². The van der Waals surface area contributed by atoms with E-state index in [1.165, 1.54) is 10.8 Å². The maximum atomic E-state index is 12.5. The molecule has 1 aliphatic heterocycles. The summed E-state index contributed by atoms with van der Waals surface area (Å²) in [7, 11) is -17.5. The van der Waals surface area contributed by atoms with Crippen LogP contribution in [-0.2, 0) is 37.0 Å². The van der Waals surface area contributed by atoms with Gasteiger partial charge >= 0.3 is 5.69 Å². The van der Waals surface area contributed by atoms with Crippen molar-refractivity contribution in [3.8, 4) is 0 Å². The van der Waals surface area contributed by atoms with Crippen LogP contribution >= 0.6 is 23.5 Å². The summed E-state index contributed by atoms with van der Waals surface area (Å²) in [5, 5.41) is 0. The average Bonchev–Trinajstić information content (AvgIpc) is 2.84. The number of hydrogen-bond acceptors (Lipinski definition) is 13. The fourth-order valence-electron chi connectivity index (χ4n) is 3.23. The van der Waals surface area contributed by atoms with E-state index in [1.807, 2.05) is 20.8 Å². The van der Waals surface area contributed by atoms with Crippen LogP contribution in [-0.4, -0.2) is 27.2 Å². The molecular weight excluding hydrogens is 507 g/mol. The molecule has 0 aliphatic carbocycles. The second-order valence-corrected chi connectivity index (χ2v) is 12.9. The van der Waals surface area contributed by atoms with Gasteiger partial charge in [0.15, 0.2) is 0 Å². The zero-order valence-corrected chi connectivity index (χ0v) is 21.0. The maximum Gasteiger partial charge on any atom is 0.351 e. The Labute approximate surface area is 189 Å². The molecule has 7 atom stereocenters. The highest BCUT2D eigenvalue weighted by molar-refractivity contribution is 7.65. The first-order chi connectivity index (χ1) is 14.7. The SMILES string of the molecule is CC1[C@@H](C)[C@@H](COP(=O)([O-])OP(=O)([O-])OP(=O)([O-])O)O[C@H]1n1cc(C(C)(C)C)c(N)nc1=O. The molecule has 0 bridgehead atoms. The molecule has 3 N–H and O–H groups in total. The van der Waals surface area contributed by atoms with E-state index in [0.29, 0.717) is 5.56 Å². The van der Waals surface area contributed by atoms with Crippen LogP contribution < -0.4 is 26.1 Å². The van der Waals surface area contributed by atoms with Crippen LogP contribution in [0.1, 0.15) is 46.4 Å². The van der Waals surface area contributed by atoms with Crippen molar-refractivity contribution in [1.82, 2.24) is 9.55 Å². The molecule has 2 heterocycles. The lowest BCUT2D eigenvalue weighted by molar-refractivity contribution is -0.250. The third-order valence-electron chi connectivity index (χ3n) is 5.04. The number of rotatable bonds is 8. The molecule has 0 saturated carbocycles. The van der Waals surface area contributed by atoms with Crippen molar-refractivity contribution in [2.24, 2.45) is 11.8 Å². The van der Waals surface area contributed by atoms with Crippen LogP contribution in [0, 0.1) is 11.8 Å². The molecule has 1 fully saturated rings. The van der Waals surface area contributed by atoms with Crippen molar-refractivity contribution >= 4 is 29.3 Å². The Bertz CT molecular complexity index is 1080. The van der Waals surface area contributed by atoms with Crippen LogP contribution in [0.15, 0.2) is 11.0 Å². The smallest absolute Gasteiger partial charge is 0.351 e. The summed E-state index contributed by atoms with van der Waals surface area (Å²) >= 11 is 0. The fraction of sp³-hybridized carbons (Fsp3) is 0.733. The van der Waals surface area contributed by atoms with Gasteiger partial charge in [0, 0.05) is 17.7 Å². The Morgan fingerprint density at radius 2 is 1.73 bits per heavy atom. The molecule has 33 heavy (non-hydrogen) atoms. The van der Waals surface area contributed by atoms with E-state index in [0.717, 1.165) is 0 Å². The van der Waals surface area contributed by atoms with E-state index in [9.17, 15) is 33.2 Å². The highest BCUT2D eigenvalue weighted by Crippen LogP contribution is 2.61. The Hall–Kier alpha value is -0.950. The van der Waals surface area contributed by atoms with E-state index in [-0.39, 0.29) is 17.7 Å². The van der Waals surface area contributed by atoms with Gasteiger partial charge in [-0.15, -0.1) is 0 Å². The summed E-state index contributed by atoms with van der Waals surface area (Å²) in [5.74, 6) is -0.648. The zero-order valence-electron chi connectivity index (χ0n) is 18.3. The van der Waals surface area contributed by atoms with Crippen molar-refractivity contribution in [1.29, 1.82) is 0 Å². The van der Waals surface area contributed by atoms with Crippen molar-refractivity contribution in [3.63, 3.8) is 0 Å². The molecule has 15 nitrogen and oxygen atoms in total. The van der Waals surface area contributed by atoms with Gasteiger partial charge in [-0.2, -0.15) is 4.98 Å². The fourth-order valence-corrected chi connectivity index (χ4v) is 6.13.